The Morgan fingerprint density at radius 2 is 2.11 bits per heavy atom. The van der Waals surface area contributed by atoms with Crippen LogP contribution >= 0.6 is 15.9 Å². The van der Waals surface area contributed by atoms with Crippen molar-refractivity contribution in [1.29, 1.82) is 0 Å². The summed E-state index contributed by atoms with van der Waals surface area (Å²) < 4.78 is 1.85. The van der Waals surface area contributed by atoms with Gasteiger partial charge in [-0.25, -0.2) is 0 Å². The fraction of sp³-hybridized carbons (Fsp3) is 0.308. The number of amides is 1. The molecule has 0 saturated carbocycles. The van der Waals surface area contributed by atoms with Crippen molar-refractivity contribution in [3.05, 3.63) is 30.6 Å². The molecule has 0 radical (unpaired) electrons. The van der Waals surface area contributed by atoms with Gasteiger partial charge >= 0.3 is 0 Å². The van der Waals surface area contributed by atoms with Crippen LogP contribution in [0.5, 0.6) is 0 Å². The molecule has 5 nitrogen and oxygen atoms in total. The molecule has 6 heteroatoms. The topological polar surface area (TPSA) is 59.8 Å². The Labute approximate surface area is 120 Å². The molecule has 1 aromatic heterocycles. The quantitative estimate of drug-likeness (QED) is 0.880. The van der Waals surface area contributed by atoms with Crippen LogP contribution in [0.25, 0.3) is 11.4 Å². The van der Waals surface area contributed by atoms with E-state index in [1.54, 1.807) is 6.33 Å². The van der Waals surface area contributed by atoms with Crippen molar-refractivity contribution in [3.8, 4) is 11.4 Å². The fourth-order valence-corrected chi connectivity index (χ4v) is 1.77. The number of carbonyl (C=O) groups is 1. The highest BCUT2D eigenvalue weighted by molar-refractivity contribution is 9.10. The lowest BCUT2D eigenvalue weighted by atomic mass is 10.2. The van der Waals surface area contributed by atoms with Crippen molar-refractivity contribution in [2.75, 3.05) is 5.32 Å². The van der Waals surface area contributed by atoms with E-state index in [9.17, 15) is 4.79 Å². The van der Waals surface area contributed by atoms with Crippen molar-refractivity contribution in [1.82, 2.24) is 14.8 Å². The predicted octanol–water partition coefficient (Wildman–Crippen LogP) is 2.59. The molecule has 0 aliphatic carbocycles. The van der Waals surface area contributed by atoms with Crippen LogP contribution in [0.1, 0.15) is 13.3 Å². The molecule has 100 valence electrons. The number of hydrogen-bond acceptors (Lipinski definition) is 3. The van der Waals surface area contributed by atoms with Gasteiger partial charge in [0.1, 0.15) is 6.33 Å². The third-order valence-electron chi connectivity index (χ3n) is 2.76. The van der Waals surface area contributed by atoms with Crippen LogP contribution in [0.15, 0.2) is 30.6 Å². The SMILES string of the molecule is CCC(Br)C(=O)Nc1ccc(-c2nncn2C)cc1. The number of alkyl halides is 1. The summed E-state index contributed by atoms with van der Waals surface area (Å²) in [7, 11) is 1.89. The van der Waals surface area contributed by atoms with Crippen molar-refractivity contribution in [2.45, 2.75) is 18.2 Å². The predicted molar refractivity (Wildman–Crippen MR) is 78.1 cm³/mol. The smallest absolute Gasteiger partial charge is 0.238 e. The van der Waals surface area contributed by atoms with E-state index in [1.165, 1.54) is 0 Å². The van der Waals surface area contributed by atoms with Gasteiger partial charge in [0.25, 0.3) is 0 Å². The van der Waals surface area contributed by atoms with E-state index >= 15 is 0 Å². The number of hydrogen-bond donors (Lipinski definition) is 1. The summed E-state index contributed by atoms with van der Waals surface area (Å²) in [5.74, 6) is 0.763. The number of halogens is 1. The molecule has 0 bridgehead atoms. The van der Waals surface area contributed by atoms with E-state index in [-0.39, 0.29) is 10.7 Å². The average Bonchev–Trinajstić information content (AvgIpc) is 2.85. The Balaban J connectivity index is 2.11. The highest BCUT2D eigenvalue weighted by atomic mass is 79.9. The fourth-order valence-electron chi connectivity index (χ4n) is 1.65. The van der Waals surface area contributed by atoms with Crippen LogP contribution in [0.4, 0.5) is 5.69 Å². The van der Waals surface area contributed by atoms with Crippen LogP contribution in [-0.4, -0.2) is 25.5 Å². The summed E-state index contributed by atoms with van der Waals surface area (Å²) in [5.41, 5.74) is 1.73. The Kier molecular flexibility index (Phi) is 4.31. The monoisotopic (exact) mass is 322 g/mol. The maximum absolute atomic E-state index is 11.7. The van der Waals surface area contributed by atoms with Gasteiger partial charge in [-0.05, 0) is 30.7 Å². The van der Waals surface area contributed by atoms with Gasteiger partial charge in [0, 0.05) is 18.3 Å². The molecule has 1 aromatic carbocycles. The van der Waals surface area contributed by atoms with Gasteiger partial charge in [0.15, 0.2) is 5.82 Å². The van der Waals surface area contributed by atoms with E-state index in [0.717, 1.165) is 23.5 Å². The van der Waals surface area contributed by atoms with Gasteiger partial charge in [0.2, 0.25) is 5.91 Å². The van der Waals surface area contributed by atoms with Crippen molar-refractivity contribution < 1.29 is 4.79 Å². The van der Waals surface area contributed by atoms with Crippen LogP contribution in [0, 0.1) is 0 Å². The third kappa shape index (κ3) is 3.20. The van der Waals surface area contributed by atoms with E-state index in [0.29, 0.717) is 0 Å². The van der Waals surface area contributed by atoms with Crippen molar-refractivity contribution in [3.63, 3.8) is 0 Å². The summed E-state index contributed by atoms with van der Waals surface area (Å²) in [5, 5.41) is 10.7. The van der Waals surface area contributed by atoms with Crippen molar-refractivity contribution in [2.24, 2.45) is 7.05 Å². The zero-order valence-electron chi connectivity index (χ0n) is 10.8. The van der Waals surface area contributed by atoms with Crippen LogP contribution in [0.2, 0.25) is 0 Å². The zero-order valence-corrected chi connectivity index (χ0v) is 12.4. The molecule has 1 atom stereocenters. The molecule has 0 aliphatic rings. The van der Waals surface area contributed by atoms with Gasteiger partial charge in [0.05, 0.1) is 4.83 Å². The zero-order chi connectivity index (χ0) is 13.8. The molecular weight excluding hydrogens is 308 g/mol. The van der Waals surface area contributed by atoms with E-state index in [2.05, 4.69) is 31.4 Å². The summed E-state index contributed by atoms with van der Waals surface area (Å²) in [6.45, 7) is 1.95. The highest BCUT2D eigenvalue weighted by Gasteiger charge is 2.12. The molecular formula is C13H15BrN4O. The van der Waals surface area contributed by atoms with E-state index < -0.39 is 0 Å². The molecule has 0 aliphatic heterocycles. The van der Waals surface area contributed by atoms with E-state index in [4.69, 9.17) is 0 Å². The minimum Gasteiger partial charge on any atom is -0.325 e. The maximum atomic E-state index is 11.7. The minimum absolute atomic E-state index is 0.0334. The number of aryl methyl sites for hydroxylation is 1. The minimum atomic E-state index is -0.161. The molecule has 1 unspecified atom stereocenters. The molecule has 2 rings (SSSR count). The number of carbonyl (C=O) groups excluding carboxylic acids is 1. The first kappa shape index (κ1) is 13.7. The van der Waals surface area contributed by atoms with Crippen LogP contribution in [-0.2, 0) is 11.8 Å². The first-order valence-corrected chi connectivity index (χ1v) is 6.92. The van der Waals surface area contributed by atoms with E-state index in [1.807, 2.05) is 42.8 Å². The third-order valence-corrected chi connectivity index (χ3v) is 3.83. The molecule has 19 heavy (non-hydrogen) atoms. The van der Waals surface area contributed by atoms with Gasteiger partial charge in [-0.2, -0.15) is 0 Å². The standard InChI is InChI=1S/C13H15BrN4O/c1-3-11(14)13(19)16-10-6-4-9(5-7-10)12-17-15-8-18(12)2/h4-8,11H,3H2,1-2H3,(H,16,19). The lowest BCUT2D eigenvalue weighted by Crippen LogP contribution is -2.21. The summed E-state index contributed by atoms with van der Waals surface area (Å²) in [6, 6.07) is 7.54. The summed E-state index contributed by atoms with van der Waals surface area (Å²) in [6.07, 6.45) is 2.41. The largest absolute Gasteiger partial charge is 0.325 e. The second kappa shape index (κ2) is 5.97. The Bertz CT molecular complexity index is 564. The molecule has 0 fully saturated rings. The van der Waals surface area contributed by atoms with Crippen LogP contribution in [0.3, 0.4) is 0 Å². The molecule has 0 spiro atoms. The van der Waals surface area contributed by atoms with Gasteiger partial charge < -0.3 is 9.88 Å². The normalized spacial score (nSPS) is 12.2. The first-order chi connectivity index (χ1) is 9.11. The van der Waals surface area contributed by atoms with Gasteiger partial charge in [-0.3, -0.25) is 4.79 Å². The Morgan fingerprint density at radius 3 is 2.63 bits per heavy atom. The van der Waals surface area contributed by atoms with Gasteiger partial charge in [-0.15, -0.1) is 10.2 Å². The molecule has 0 saturated heterocycles. The number of nitrogens with one attached hydrogen (secondary N) is 1. The summed E-state index contributed by atoms with van der Waals surface area (Å²) in [4.78, 5) is 11.6. The lowest BCUT2D eigenvalue weighted by Gasteiger charge is -2.09. The van der Waals surface area contributed by atoms with Crippen molar-refractivity contribution >= 4 is 27.5 Å². The number of rotatable bonds is 4. The lowest BCUT2D eigenvalue weighted by molar-refractivity contribution is -0.115. The second-order valence-corrected chi connectivity index (χ2v) is 5.31. The second-order valence-electron chi connectivity index (χ2n) is 4.21. The highest BCUT2D eigenvalue weighted by Crippen LogP contribution is 2.19. The van der Waals surface area contributed by atoms with Gasteiger partial charge in [-0.1, -0.05) is 22.9 Å². The van der Waals surface area contributed by atoms with Crippen LogP contribution < -0.4 is 5.32 Å². The number of anilines is 1. The Hall–Kier alpha value is -1.69. The average molecular weight is 323 g/mol. The molecule has 1 heterocycles. The summed E-state index contributed by atoms with van der Waals surface area (Å²) >= 11 is 3.32. The molecule has 1 amide bonds. The number of nitrogens with zero attached hydrogens (tertiary/aromatic N) is 3. The Morgan fingerprint density at radius 1 is 1.42 bits per heavy atom. The first-order valence-electron chi connectivity index (χ1n) is 6.01. The molecule has 1 N–H and O–H groups in total. The number of benzene rings is 1. The number of aromatic nitrogens is 3. The maximum Gasteiger partial charge on any atom is 0.238 e. The molecule has 2 aromatic rings.